The highest BCUT2D eigenvalue weighted by molar-refractivity contribution is 5.97. The minimum absolute atomic E-state index is 0.0701. The van der Waals surface area contributed by atoms with Gasteiger partial charge in [-0.25, -0.2) is 0 Å². The van der Waals surface area contributed by atoms with E-state index >= 15 is 0 Å². The summed E-state index contributed by atoms with van der Waals surface area (Å²) in [5.41, 5.74) is 1.07. The van der Waals surface area contributed by atoms with Crippen molar-refractivity contribution in [2.75, 3.05) is 11.9 Å². The average molecular weight is 362 g/mol. The van der Waals surface area contributed by atoms with Crippen LogP contribution in [0.4, 0.5) is 5.69 Å². The summed E-state index contributed by atoms with van der Waals surface area (Å²) < 4.78 is 11.9. The van der Waals surface area contributed by atoms with Gasteiger partial charge in [0.1, 0.15) is 11.4 Å². The van der Waals surface area contributed by atoms with Gasteiger partial charge in [0.2, 0.25) is 0 Å². The van der Waals surface area contributed by atoms with Crippen molar-refractivity contribution in [3.05, 3.63) is 23.8 Å². The Hall–Kier alpha value is -1.55. The number of benzene rings is 1. The molecule has 146 valence electrons. The van der Waals surface area contributed by atoms with E-state index in [1.165, 1.54) is 12.8 Å². The summed E-state index contributed by atoms with van der Waals surface area (Å²) in [6, 6.07) is 5.88. The van der Waals surface area contributed by atoms with Crippen molar-refractivity contribution in [2.24, 2.45) is 0 Å². The van der Waals surface area contributed by atoms with Gasteiger partial charge in [-0.15, -0.1) is 0 Å². The predicted molar refractivity (Wildman–Crippen MR) is 107 cm³/mol. The van der Waals surface area contributed by atoms with Crippen LogP contribution >= 0.6 is 0 Å². The minimum atomic E-state index is -0.781. The van der Waals surface area contributed by atoms with Crippen LogP contribution in [0.2, 0.25) is 0 Å². The Morgan fingerprint density at radius 3 is 2.58 bits per heavy atom. The van der Waals surface area contributed by atoms with Gasteiger partial charge in [0.05, 0.1) is 6.10 Å². The average Bonchev–Trinajstić information content (AvgIpc) is 3.11. The Morgan fingerprint density at radius 2 is 1.96 bits per heavy atom. The van der Waals surface area contributed by atoms with Crippen LogP contribution in [-0.4, -0.2) is 24.2 Å². The molecular weight excluding hydrogens is 326 g/mol. The number of carbonyl (C=O) groups excluding carboxylic acids is 1. The quantitative estimate of drug-likeness (QED) is 0.549. The molecule has 1 atom stereocenters. The summed E-state index contributed by atoms with van der Waals surface area (Å²) >= 11 is 0. The zero-order valence-electron chi connectivity index (χ0n) is 16.9. The second-order valence-corrected chi connectivity index (χ2v) is 7.58. The van der Waals surface area contributed by atoms with Crippen molar-refractivity contribution >= 4 is 11.6 Å². The summed E-state index contributed by atoms with van der Waals surface area (Å²) in [6.45, 7) is 8.55. The van der Waals surface area contributed by atoms with E-state index in [9.17, 15) is 4.79 Å². The van der Waals surface area contributed by atoms with Gasteiger partial charge in [0.25, 0.3) is 5.91 Å². The summed E-state index contributed by atoms with van der Waals surface area (Å²) in [6.07, 6.45) is 9.11. The fourth-order valence-electron chi connectivity index (χ4n) is 3.59. The number of hydrogen-bond donors (Lipinski definition) is 1. The smallest absolute Gasteiger partial charge is 0.256 e. The van der Waals surface area contributed by atoms with Crippen LogP contribution in [0, 0.1) is 6.92 Å². The second kappa shape index (κ2) is 9.96. The molecule has 0 saturated heterocycles. The molecular formula is C22H35NO3. The first-order valence-corrected chi connectivity index (χ1v) is 10.2. The number of rotatable bonds is 10. The monoisotopic (exact) mass is 361 g/mol. The third kappa shape index (κ3) is 5.73. The molecule has 1 aliphatic rings. The van der Waals surface area contributed by atoms with Gasteiger partial charge in [0.15, 0.2) is 0 Å². The molecule has 1 aromatic rings. The minimum Gasteiger partial charge on any atom is -0.490 e. The number of nitrogens with one attached hydrogen (secondary N) is 1. The Kier molecular flexibility index (Phi) is 7.95. The maximum atomic E-state index is 12.8. The first-order valence-electron chi connectivity index (χ1n) is 10.2. The number of unbranched alkanes of at least 4 members (excludes halogenated alkanes) is 2. The zero-order chi connectivity index (χ0) is 19.0. The van der Waals surface area contributed by atoms with Gasteiger partial charge in [0, 0.05) is 12.3 Å². The van der Waals surface area contributed by atoms with E-state index in [4.69, 9.17) is 9.47 Å². The van der Waals surface area contributed by atoms with Crippen LogP contribution in [-0.2, 0) is 9.53 Å². The molecule has 1 aromatic carbocycles. The van der Waals surface area contributed by atoms with Gasteiger partial charge >= 0.3 is 0 Å². The first-order chi connectivity index (χ1) is 12.5. The van der Waals surface area contributed by atoms with E-state index in [1.54, 1.807) is 0 Å². The number of hydrogen-bond acceptors (Lipinski definition) is 3. The molecule has 0 radical (unpaired) electrons. The topological polar surface area (TPSA) is 47.6 Å². The van der Waals surface area contributed by atoms with Crippen molar-refractivity contribution in [3.63, 3.8) is 0 Å². The van der Waals surface area contributed by atoms with Gasteiger partial charge in [-0.05, 0) is 76.6 Å². The standard InChI is InChI=1S/C22H35NO3/c1-5-7-10-15-22(4,25-6-2)21(24)23-18-13-14-20(17(3)16-18)26-19-11-8-9-12-19/h13-14,16,19H,5-12,15H2,1-4H3,(H,23,24)/t22-/m0/s1. The van der Waals surface area contributed by atoms with Crippen molar-refractivity contribution in [3.8, 4) is 5.75 Å². The number of anilines is 1. The van der Waals surface area contributed by atoms with Gasteiger partial charge < -0.3 is 14.8 Å². The van der Waals surface area contributed by atoms with Crippen molar-refractivity contribution in [1.82, 2.24) is 0 Å². The molecule has 1 N–H and O–H groups in total. The molecule has 0 bridgehead atoms. The molecule has 2 rings (SSSR count). The van der Waals surface area contributed by atoms with Gasteiger partial charge in [-0.2, -0.15) is 0 Å². The van der Waals surface area contributed by atoms with E-state index in [0.717, 1.165) is 55.5 Å². The molecule has 4 nitrogen and oxygen atoms in total. The highest BCUT2D eigenvalue weighted by Gasteiger charge is 2.33. The molecule has 1 fully saturated rings. The Morgan fingerprint density at radius 1 is 1.23 bits per heavy atom. The largest absolute Gasteiger partial charge is 0.490 e. The lowest BCUT2D eigenvalue weighted by Gasteiger charge is -2.28. The van der Waals surface area contributed by atoms with Crippen molar-refractivity contribution in [1.29, 1.82) is 0 Å². The Balaban J connectivity index is 2.00. The number of ether oxygens (including phenoxy) is 2. The fraction of sp³-hybridized carbons (Fsp3) is 0.682. The molecule has 1 saturated carbocycles. The van der Waals surface area contributed by atoms with Crippen LogP contribution in [0.3, 0.4) is 0 Å². The SMILES string of the molecule is CCCCC[C@](C)(OCC)C(=O)Nc1ccc(OC2CCCC2)c(C)c1. The maximum absolute atomic E-state index is 12.8. The lowest BCUT2D eigenvalue weighted by Crippen LogP contribution is -2.42. The molecule has 0 spiro atoms. The van der Waals surface area contributed by atoms with Crippen LogP contribution < -0.4 is 10.1 Å². The second-order valence-electron chi connectivity index (χ2n) is 7.58. The Labute approximate surface area is 158 Å². The van der Waals surface area contributed by atoms with E-state index in [2.05, 4.69) is 12.2 Å². The molecule has 0 unspecified atom stereocenters. The molecule has 1 aliphatic carbocycles. The molecule has 26 heavy (non-hydrogen) atoms. The number of carbonyl (C=O) groups is 1. The van der Waals surface area contributed by atoms with Crippen molar-refractivity contribution < 1.29 is 14.3 Å². The molecule has 1 amide bonds. The maximum Gasteiger partial charge on any atom is 0.256 e. The van der Waals surface area contributed by atoms with E-state index in [-0.39, 0.29) is 5.91 Å². The van der Waals surface area contributed by atoms with Crippen molar-refractivity contribution in [2.45, 2.75) is 90.8 Å². The van der Waals surface area contributed by atoms with Crippen LogP contribution in [0.1, 0.15) is 77.7 Å². The summed E-state index contributed by atoms with van der Waals surface area (Å²) in [5.74, 6) is 0.852. The lowest BCUT2D eigenvalue weighted by atomic mass is 9.96. The van der Waals surface area contributed by atoms with Crippen LogP contribution in [0.5, 0.6) is 5.75 Å². The first kappa shape index (κ1) is 20.8. The van der Waals surface area contributed by atoms with E-state index in [0.29, 0.717) is 12.7 Å². The van der Waals surface area contributed by atoms with E-state index in [1.807, 2.05) is 39.0 Å². The predicted octanol–water partition coefficient (Wildman–Crippen LogP) is 5.63. The number of amides is 1. The Bertz CT molecular complexity index is 581. The molecule has 0 aromatic heterocycles. The third-order valence-electron chi connectivity index (χ3n) is 5.23. The molecule has 0 heterocycles. The van der Waals surface area contributed by atoms with Crippen LogP contribution in [0.25, 0.3) is 0 Å². The van der Waals surface area contributed by atoms with E-state index < -0.39 is 5.60 Å². The van der Waals surface area contributed by atoms with Crippen LogP contribution in [0.15, 0.2) is 18.2 Å². The normalized spacial score (nSPS) is 17.1. The number of aryl methyl sites for hydroxylation is 1. The third-order valence-corrected chi connectivity index (χ3v) is 5.23. The molecule has 0 aliphatic heterocycles. The highest BCUT2D eigenvalue weighted by Crippen LogP contribution is 2.29. The van der Waals surface area contributed by atoms with Gasteiger partial charge in [-0.3, -0.25) is 4.79 Å². The molecule has 4 heteroatoms. The summed E-state index contributed by atoms with van der Waals surface area (Å²) in [7, 11) is 0. The fourth-order valence-corrected chi connectivity index (χ4v) is 3.59. The lowest BCUT2D eigenvalue weighted by molar-refractivity contribution is -0.139. The zero-order valence-corrected chi connectivity index (χ0v) is 16.9. The summed E-state index contributed by atoms with van der Waals surface area (Å²) in [5, 5.41) is 3.04. The van der Waals surface area contributed by atoms with Gasteiger partial charge in [-0.1, -0.05) is 26.2 Å². The summed E-state index contributed by atoms with van der Waals surface area (Å²) in [4.78, 5) is 12.8. The highest BCUT2D eigenvalue weighted by atomic mass is 16.5.